The van der Waals surface area contributed by atoms with E-state index in [1.165, 1.54) is 62.4 Å². The monoisotopic (exact) mass is 723 g/mol. The summed E-state index contributed by atoms with van der Waals surface area (Å²) in [5, 5.41) is 16.8. The number of phenolic OH excluding ortho intramolecular Hbond substituents is 1. The van der Waals surface area contributed by atoms with Gasteiger partial charge in [0.2, 0.25) is 0 Å². The Kier molecular flexibility index (Phi) is 9.01. The van der Waals surface area contributed by atoms with Crippen molar-refractivity contribution in [2.75, 3.05) is 18.5 Å². The quantitative estimate of drug-likeness (QED) is 0.148. The number of halogens is 2. The molecule has 4 aliphatic carbocycles. The Labute approximate surface area is 273 Å². The molecule has 230 valence electrons. The third-order valence-corrected chi connectivity index (χ3v) is 10.3. The maximum Gasteiger partial charge on any atom is 0.271 e. The number of aromatic hydroxyl groups is 1. The van der Waals surface area contributed by atoms with Crippen molar-refractivity contribution in [3.63, 3.8) is 0 Å². The smallest absolute Gasteiger partial charge is 0.271 e. The molecule has 0 unspecified atom stereocenters. The largest absolute Gasteiger partial charge is 0.506 e. The number of nitrogens with zero attached hydrogens (tertiary/aromatic N) is 1. The molecule has 3 aromatic carbocycles. The second-order valence-electron chi connectivity index (χ2n) is 12.2. The molecule has 4 aliphatic rings. The van der Waals surface area contributed by atoms with Gasteiger partial charge in [-0.2, -0.15) is 5.10 Å². The standard InChI is InChI=1S/C34H35Br2N3O5/c1-2-43-30-12-20(18-37-39-33(42)24-13-27(35)32(41)28(36)14-24)3-8-29(30)44-19-31(40)38-26-6-4-25(5-7-26)34-15-21-9-22(16-34)11-23(10-21)17-34/h3-8,12-14,18,21-23,41H,2,9-11,15-17,19H2,1H3,(H,38,40)(H,39,42)/b37-18-. The first-order chi connectivity index (χ1) is 21.2. The minimum absolute atomic E-state index is 0.00868. The van der Waals surface area contributed by atoms with Gasteiger partial charge < -0.3 is 19.9 Å². The van der Waals surface area contributed by atoms with Gasteiger partial charge in [-0.3, -0.25) is 9.59 Å². The average Bonchev–Trinajstić information content (AvgIpc) is 2.99. The minimum atomic E-state index is -0.443. The molecule has 0 spiro atoms. The van der Waals surface area contributed by atoms with Crippen LogP contribution in [0, 0.1) is 17.8 Å². The molecule has 7 rings (SSSR count). The summed E-state index contributed by atoms with van der Waals surface area (Å²) in [6.07, 6.45) is 9.70. The number of carbonyl (C=O) groups excluding carboxylic acids is 2. The summed E-state index contributed by atoms with van der Waals surface area (Å²) < 4.78 is 12.3. The van der Waals surface area contributed by atoms with E-state index in [4.69, 9.17) is 9.47 Å². The van der Waals surface area contributed by atoms with Crippen LogP contribution in [0.2, 0.25) is 0 Å². The lowest BCUT2D eigenvalue weighted by molar-refractivity contribution is -0.118. The van der Waals surface area contributed by atoms with Gasteiger partial charge in [0.25, 0.3) is 11.8 Å². The number of carbonyl (C=O) groups is 2. The van der Waals surface area contributed by atoms with Crippen molar-refractivity contribution in [3.05, 3.63) is 80.2 Å². The fraction of sp³-hybridized carbons (Fsp3) is 0.382. The maximum atomic E-state index is 12.8. The summed E-state index contributed by atoms with van der Waals surface area (Å²) in [7, 11) is 0. The highest BCUT2D eigenvalue weighted by Gasteiger charge is 2.51. The summed E-state index contributed by atoms with van der Waals surface area (Å²) in [6, 6.07) is 16.6. The van der Waals surface area contributed by atoms with Crippen LogP contribution < -0.4 is 20.2 Å². The molecular formula is C34H35Br2N3O5. The summed E-state index contributed by atoms with van der Waals surface area (Å²) in [5.41, 5.74) is 5.97. The first kappa shape index (κ1) is 30.6. The SMILES string of the molecule is CCOc1cc(/C=N\NC(=O)c2cc(Br)c(O)c(Br)c2)ccc1OCC(=O)Nc1ccc(C23CC4CC(CC(C4)C2)C3)cc1. The number of benzene rings is 3. The van der Waals surface area contributed by atoms with E-state index in [1.54, 1.807) is 18.2 Å². The van der Waals surface area contributed by atoms with Gasteiger partial charge in [0.1, 0.15) is 5.75 Å². The predicted octanol–water partition coefficient (Wildman–Crippen LogP) is 7.57. The molecule has 4 saturated carbocycles. The summed E-state index contributed by atoms with van der Waals surface area (Å²) in [6.45, 7) is 2.09. The summed E-state index contributed by atoms with van der Waals surface area (Å²) in [4.78, 5) is 25.2. The van der Waals surface area contributed by atoms with Crippen molar-refractivity contribution < 1.29 is 24.2 Å². The van der Waals surface area contributed by atoms with Gasteiger partial charge in [-0.15, -0.1) is 0 Å². The molecule has 8 nitrogen and oxygen atoms in total. The maximum absolute atomic E-state index is 12.8. The third-order valence-electron chi connectivity index (χ3n) is 9.10. The van der Waals surface area contributed by atoms with Gasteiger partial charge in [-0.1, -0.05) is 12.1 Å². The molecule has 0 saturated heterocycles. The van der Waals surface area contributed by atoms with Crippen molar-refractivity contribution in [2.24, 2.45) is 22.9 Å². The molecule has 3 N–H and O–H groups in total. The predicted molar refractivity (Wildman–Crippen MR) is 177 cm³/mol. The molecule has 44 heavy (non-hydrogen) atoms. The number of hydrogen-bond donors (Lipinski definition) is 3. The van der Waals surface area contributed by atoms with Crippen LogP contribution in [0.25, 0.3) is 0 Å². The average molecular weight is 725 g/mol. The van der Waals surface area contributed by atoms with E-state index in [9.17, 15) is 14.7 Å². The number of rotatable bonds is 10. The van der Waals surface area contributed by atoms with E-state index in [0.717, 1.165) is 23.4 Å². The van der Waals surface area contributed by atoms with Crippen LogP contribution in [-0.4, -0.2) is 36.3 Å². The van der Waals surface area contributed by atoms with Crippen molar-refractivity contribution in [1.29, 1.82) is 0 Å². The lowest BCUT2D eigenvalue weighted by Gasteiger charge is -2.57. The molecule has 10 heteroatoms. The zero-order valence-electron chi connectivity index (χ0n) is 24.4. The fourth-order valence-corrected chi connectivity index (χ4v) is 8.82. The Morgan fingerprint density at radius 3 is 2.18 bits per heavy atom. The molecule has 0 aromatic heterocycles. The zero-order valence-corrected chi connectivity index (χ0v) is 27.6. The van der Waals surface area contributed by atoms with Gasteiger partial charge >= 0.3 is 0 Å². The lowest BCUT2D eigenvalue weighted by Crippen LogP contribution is -2.48. The van der Waals surface area contributed by atoms with Crippen LogP contribution >= 0.6 is 31.9 Å². The van der Waals surface area contributed by atoms with Crippen molar-refractivity contribution >= 4 is 55.6 Å². The molecular weight excluding hydrogens is 690 g/mol. The zero-order chi connectivity index (χ0) is 30.8. The normalized spacial score (nSPS) is 23.5. The van der Waals surface area contributed by atoms with Crippen molar-refractivity contribution in [1.82, 2.24) is 5.43 Å². The molecule has 0 aliphatic heterocycles. The van der Waals surface area contributed by atoms with Crippen LogP contribution in [0.3, 0.4) is 0 Å². The molecule has 0 radical (unpaired) electrons. The van der Waals surface area contributed by atoms with E-state index in [2.05, 4.69) is 59.8 Å². The lowest BCUT2D eigenvalue weighted by atomic mass is 9.48. The number of nitrogens with one attached hydrogen (secondary N) is 2. The first-order valence-corrected chi connectivity index (χ1v) is 16.6. The van der Waals surface area contributed by atoms with Gasteiger partial charge in [-0.25, -0.2) is 5.43 Å². The Balaban J connectivity index is 1.03. The summed E-state index contributed by atoms with van der Waals surface area (Å²) in [5.74, 6) is 2.88. The van der Waals surface area contributed by atoms with Crippen LogP contribution in [-0.2, 0) is 10.2 Å². The summed E-state index contributed by atoms with van der Waals surface area (Å²) >= 11 is 6.43. The Hall–Kier alpha value is -3.37. The van der Waals surface area contributed by atoms with Crippen LogP contribution in [0.4, 0.5) is 5.69 Å². The Morgan fingerprint density at radius 2 is 1.57 bits per heavy atom. The van der Waals surface area contributed by atoms with Gasteiger partial charge in [0.05, 0.1) is 21.8 Å². The van der Waals surface area contributed by atoms with Crippen LogP contribution in [0.5, 0.6) is 17.2 Å². The Morgan fingerprint density at radius 1 is 0.932 bits per heavy atom. The van der Waals surface area contributed by atoms with Gasteiger partial charge in [0, 0.05) is 11.3 Å². The van der Waals surface area contributed by atoms with Crippen LogP contribution in [0.15, 0.2) is 68.6 Å². The minimum Gasteiger partial charge on any atom is -0.506 e. The number of ether oxygens (including phenoxy) is 2. The second kappa shape index (κ2) is 12.9. The van der Waals surface area contributed by atoms with Gasteiger partial charge in [-0.05, 0) is 154 Å². The second-order valence-corrected chi connectivity index (χ2v) is 13.9. The molecule has 2 amide bonds. The molecule has 0 heterocycles. The molecule has 3 aromatic rings. The first-order valence-electron chi connectivity index (χ1n) is 15.0. The van der Waals surface area contributed by atoms with Crippen molar-refractivity contribution in [2.45, 2.75) is 50.9 Å². The van der Waals surface area contributed by atoms with E-state index in [1.807, 2.05) is 19.1 Å². The van der Waals surface area contributed by atoms with E-state index in [0.29, 0.717) is 43.6 Å². The number of hydrogen-bond acceptors (Lipinski definition) is 6. The number of hydrazone groups is 1. The Bertz CT molecular complexity index is 1530. The van der Waals surface area contributed by atoms with E-state index in [-0.39, 0.29) is 18.3 Å². The number of anilines is 1. The number of phenols is 1. The van der Waals surface area contributed by atoms with Gasteiger partial charge in [0.15, 0.2) is 18.1 Å². The molecule has 0 atom stereocenters. The third kappa shape index (κ3) is 6.66. The molecule has 4 bridgehead atoms. The van der Waals surface area contributed by atoms with E-state index < -0.39 is 5.91 Å². The topological polar surface area (TPSA) is 109 Å². The van der Waals surface area contributed by atoms with Crippen molar-refractivity contribution in [3.8, 4) is 17.2 Å². The fourth-order valence-electron chi connectivity index (χ4n) is 7.63. The van der Waals surface area contributed by atoms with Crippen LogP contribution in [0.1, 0.15) is 66.9 Å². The highest BCUT2D eigenvalue weighted by Crippen LogP contribution is 2.60. The van der Waals surface area contributed by atoms with E-state index >= 15 is 0 Å². The highest BCUT2D eigenvalue weighted by atomic mass is 79.9. The highest BCUT2D eigenvalue weighted by molar-refractivity contribution is 9.11. The molecule has 4 fully saturated rings. The number of amides is 2.